The number of ether oxygens (including phenoxy) is 1. The Bertz CT molecular complexity index is 712. The number of aryl methyl sites for hydroxylation is 1. The van der Waals surface area contributed by atoms with Crippen LogP contribution in [0.3, 0.4) is 0 Å². The van der Waals surface area contributed by atoms with Gasteiger partial charge >= 0.3 is 11.8 Å². The molecular weight excluding hydrogens is 298 g/mol. The van der Waals surface area contributed by atoms with E-state index in [1.54, 1.807) is 18.1 Å². The van der Waals surface area contributed by atoms with E-state index < -0.39 is 5.60 Å². The minimum Gasteiger partial charge on any atom is -0.444 e. The van der Waals surface area contributed by atoms with Gasteiger partial charge in [-0.2, -0.15) is 0 Å². The lowest BCUT2D eigenvalue weighted by molar-refractivity contribution is 0.0197. The highest BCUT2D eigenvalue weighted by atomic mass is 16.6. The minimum absolute atomic E-state index is 0.0817. The summed E-state index contributed by atoms with van der Waals surface area (Å²) < 4.78 is 7.93. The number of likely N-dealkylation sites (tertiary alicyclic amines) is 1. The number of amides is 1. The standard InChI is InChI=1S/C16H25N3O4/c1-16(2,3)23-15(22)19-8-6-7-11(9-19)12-10-17(4)14(21)18(5)13(12)20/h10-11H,6-9H2,1-5H3. The van der Waals surface area contributed by atoms with Crippen molar-refractivity contribution in [3.8, 4) is 0 Å². The van der Waals surface area contributed by atoms with E-state index >= 15 is 0 Å². The van der Waals surface area contributed by atoms with Gasteiger partial charge in [-0.25, -0.2) is 9.59 Å². The molecule has 128 valence electrons. The van der Waals surface area contributed by atoms with E-state index in [-0.39, 0.29) is 23.3 Å². The van der Waals surface area contributed by atoms with Crippen LogP contribution in [0.4, 0.5) is 4.79 Å². The van der Waals surface area contributed by atoms with Gasteiger partial charge in [0.25, 0.3) is 5.56 Å². The molecule has 0 spiro atoms. The molecule has 2 heterocycles. The van der Waals surface area contributed by atoms with Gasteiger partial charge in [0.15, 0.2) is 0 Å². The molecule has 1 aliphatic heterocycles. The summed E-state index contributed by atoms with van der Waals surface area (Å²) in [5, 5.41) is 0. The van der Waals surface area contributed by atoms with Crippen LogP contribution in [0.1, 0.15) is 45.1 Å². The molecular formula is C16H25N3O4. The third-order valence-electron chi connectivity index (χ3n) is 3.99. The van der Waals surface area contributed by atoms with E-state index in [4.69, 9.17) is 4.74 Å². The predicted octanol–water partition coefficient (Wildman–Crippen LogP) is 1.20. The summed E-state index contributed by atoms with van der Waals surface area (Å²) in [4.78, 5) is 38.0. The van der Waals surface area contributed by atoms with E-state index in [1.165, 1.54) is 11.6 Å². The van der Waals surface area contributed by atoms with E-state index in [1.807, 2.05) is 20.8 Å². The quantitative estimate of drug-likeness (QED) is 0.778. The van der Waals surface area contributed by atoms with Crippen molar-refractivity contribution in [1.82, 2.24) is 14.0 Å². The molecule has 7 nitrogen and oxygen atoms in total. The number of nitrogens with zero attached hydrogens (tertiary/aromatic N) is 3. The number of rotatable bonds is 1. The van der Waals surface area contributed by atoms with Crippen LogP contribution in [0.5, 0.6) is 0 Å². The van der Waals surface area contributed by atoms with E-state index in [9.17, 15) is 14.4 Å². The normalized spacial score (nSPS) is 18.8. The second-order valence-corrected chi connectivity index (χ2v) is 7.11. The Morgan fingerprint density at radius 3 is 2.52 bits per heavy atom. The van der Waals surface area contributed by atoms with E-state index in [0.717, 1.165) is 17.4 Å². The zero-order valence-electron chi connectivity index (χ0n) is 14.5. The van der Waals surface area contributed by atoms with Crippen LogP contribution in [-0.4, -0.2) is 38.8 Å². The summed E-state index contributed by atoms with van der Waals surface area (Å²) in [7, 11) is 3.10. The molecule has 1 aromatic heterocycles. The summed E-state index contributed by atoms with van der Waals surface area (Å²) in [5.41, 5.74) is -0.609. The molecule has 0 aliphatic carbocycles. The van der Waals surface area contributed by atoms with Gasteiger partial charge in [0.05, 0.1) is 0 Å². The molecule has 1 saturated heterocycles. The number of aromatic nitrogens is 2. The van der Waals surface area contributed by atoms with Gasteiger partial charge in [-0.3, -0.25) is 9.36 Å². The summed E-state index contributed by atoms with van der Waals surface area (Å²) >= 11 is 0. The first kappa shape index (κ1) is 17.3. The zero-order chi connectivity index (χ0) is 17.4. The molecule has 1 aliphatic rings. The first-order chi connectivity index (χ1) is 10.6. The minimum atomic E-state index is -0.545. The van der Waals surface area contributed by atoms with Crippen LogP contribution < -0.4 is 11.2 Å². The predicted molar refractivity (Wildman–Crippen MR) is 86.7 cm³/mol. The Morgan fingerprint density at radius 1 is 1.26 bits per heavy atom. The molecule has 1 amide bonds. The van der Waals surface area contributed by atoms with Gasteiger partial charge in [0.2, 0.25) is 0 Å². The number of carbonyl (C=O) groups is 1. The molecule has 1 atom stereocenters. The van der Waals surface area contributed by atoms with Gasteiger partial charge in [-0.05, 0) is 33.6 Å². The summed E-state index contributed by atoms with van der Waals surface area (Å²) in [6, 6.07) is 0. The maximum Gasteiger partial charge on any atom is 0.410 e. The molecule has 0 radical (unpaired) electrons. The number of hydrogen-bond donors (Lipinski definition) is 0. The van der Waals surface area contributed by atoms with Gasteiger partial charge in [-0.1, -0.05) is 0 Å². The maximum absolute atomic E-state index is 12.4. The molecule has 1 unspecified atom stereocenters. The fourth-order valence-electron chi connectivity index (χ4n) is 2.84. The fourth-order valence-corrected chi connectivity index (χ4v) is 2.84. The van der Waals surface area contributed by atoms with Crippen LogP contribution in [0.15, 0.2) is 15.8 Å². The summed E-state index contributed by atoms with van der Waals surface area (Å²) in [6.45, 7) is 6.54. The number of piperidine rings is 1. The average molecular weight is 323 g/mol. The second-order valence-electron chi connectivity index (χ2n) is 7.11. The van der Waals surface area contributed by atoms with Crippen molar-refractivity contribution in [3.63, 3.8) is 0 Å². The van der Waals surface area contributed by atoms with Crippen LogP contribution in [0.25, 0.3) is 0 Å². The molecule has 1 aromatic rings. The largest absolute Gasteiger partial charge is 0.444 e. The Labute approximate surface area is 135 Å². The lowest BCUT2D eigenvalue weighted by atomic mass is 9.92. The highest BCUT2D eigenvalue weighted by Gasteiger charge is 2.30. The monoisotopic (exact) mass is 323 g/mol. The number of hydrogen-bond acceptors (Lipinski definition) is 4. The third kappa shape index (κ3) is 3.83. The van der Waals surface area contributed by atoms with Crippen molar-refractivity contribution in [3.05, 3.63) is 32.6 Å². The summed E-state index contributed by atoms with van der Waals surface area (Å²) in [6.07, 6.45) is 2.85. The zero-order valence-corrected chi connectivity index (χ0v) is 14.5. The SMILES string of the molecule is Cn1cc(C2CCCN(C(=O)OC(C)(C)C)C2)c(=O)n(C)c1=O. The van der Waals surface area contributed by atoms with Crippen LogP contribution in [0.2, 0.25) is 0 Å². The van der Waals surface area contributed by atoms with Crippen molar-refractivity contribution in [1.29, 1.82) is 0 Å². The Hall–Kier alpha value is -2.05. The van der Waals surface area contributed by atoms with Crippen molar-refractivity contribution >= 4 is 6.09 Å². The number of carbonyl (C=O) groups excluding carboxylic acids is 1. The van der Waals surface area contributed by atoms with Gasteiger partial charge in [0, 0.05) is 44.9 Å². The van der Waals surface area contributed by atoms with Crippen LogP contribution in [-0.2, 0) is 18.8 Å². The Kier molecular flexibility index (Phi) is 4.68. The van der Waals surface area contributed by atoms with Gasteiger partial charge in [0.1, 0.15) is 5.60 Å². The Morgan fingerprint density at radius 2 is 1.91 bits per heavy atom. The van der Waals surface area contributed by atoms with Crippen LogP contribution in [0, 0.1) is 0 Å². The first-order valence-corrected chi connectivity index (χ1v) is 7.84. The molecule has 7 heteroatoms. The van der Waals surface area contributed by atoms with Gasteiger partial charge < -0.3 is 14.2 Å². The average Bonchev–Trinajstić information content (AvgIpc) is 2.47. The Balaban J connectivity index is 2.24. The molecule has 2 rings (SSSR count). The fraction of sp³-hybridized carbons (Fsp3) is 0.688. The lowest BCUT2D eigenvalue weighted by Gasteiger charge is -2.34. The molecule has 0 N–H and O–H groups in total. The molecule has 0 saturated carbocycles. The first-order valence-electron chi connectivity index (χ1n) is 7.84. The highest BCUT2D eigenvalue weighted by Crippen LogP contribution is 2.25. The van der Waals surface area contributed by atoms with Crippen molar-refractivity contribution in [2.75, 3.05) is 13.1 Å². The van der Waals surface area contributed by atoms with E-state index in [2.05, 4.69) is 0 Å². The molecule has 1 fully saturated rings. The van der Waals surface area contributed by atoms with Crippen molar-refractivity contribution in [2.24, 2.45) is 14.1 Å². The molecule has 23 heavy (non-hydrogen) atoms. The van der Waals surface area contributed by atoms with Gasteiger partial charge in [-0.15, -0.1) is 0 Å². The lowest BCUT2D eigenvalue weighted by Crippen LogP contribution is -2.45. The second kappa shape index (κ2) is 6.22. The van der Waals surface area contributed by atoms with Crippen molar-refractivity contribution < 1.29 is 9.53 Å². The molecule has 0 aromatic carbocycles. The topological polar surface area (TPSA) is 73.5 Å². The summed E-state index contributed by atoms with van der Waals surface area (Å²) in [5.74, 6) is -0.0817. The smallest absolute Gasteiger partial charge is 0.410 e. The molecule has 0 bridgehead atoms. The maximum atomic E-state index is 12.4. The van der Waals surface area contributed by atoms with Crippen molar-refractivity contribution in [2.45, 2.75) is 45.1 Å². The van der Waals surface area contributed by atoms with E-state index in [0.29, 0.717) is 18.7 Å². The third-order valence-corrected chi connectivity index (χ3v) is 3.99. The highest BCUT2D eigenvalue weighted by molar-refractivity contribution is 5.68. The van der Waals surface area contributed by atoms with Crippen LogP contribution >= 0.6 is 0 Å².